The molecule has 1 aromatic heterocycles. The number of carbonyl (C=O) groups is 2. The first kappa shape index (κ1) is 21.8. The highest BCUT2D eigenvalue weighted by Gasteiger charge is 2.26. The van der Waals surface area contributed by atoms with Crippen LogP contribution in [-0.4, -0.2) is 17.8 Å². The molecule has 5 nitrogen and oxygen atoms in total. The highest BCUT2D eigenvalue weighted by atomic mass is 79.9. The number of rotatable bonds is 7. The summed E-state index contributed by atoms with van der Waals surface area (Å²) in [5.74, 6) is -0.768. The summed E-state index contributed by atoms with van der Waals surface area (Å²) < 4.78 is 25.6. The maximum Gasteiger partial charge on any atom is 0.265 e. The summed E-state index contributed by atoms with van der Waals surface area (Å²) in [7, 11) is 0. The summed E-state index contributed by atoms with van der Waals surface area (Å²) >= 11 is 3.35. The third-order valence-corrected chi connectivity index (χ3v) is 5.44. The third-order valence-electron chi connectivity index (χ3n) is 4.91. The van der Waals surface area contributed by atoms with Gasteiger partial charge in [0.2, 0.25) is 5.78 Å². The molecule has 3 aromatic carbocycles. The van der Waals surface area contributed by atoms with Crippen LogP contribution in [0.3, 0.4) is 0 Å². The van der Waals surface area contributed by atoms with E-state index in [1.807, 2.05) is 0 Å². The molecule has 0 saturated heterocycles. The van der Waals surface area contributed by atoms with E-state index in [0.29, 0.717) is 34.4 Å². The average Bonchev–Trinajstić information content (AvgIpc) is 3.17. The molecule has 0 fully saturated rings. The van der Waals surface area contributed by atoms with Crippen LogP contribution in [0.4, 0.5) is 10.1 Å². The van der Waals surface area contributed by atoms with Crippen molar-refractivity contribution in [1.82, 2.24) is 0 Å². The number of anilines is 1. The number of hydrogen-bond donors (Lipinski definition) is 1. The van der Waals surface area contributed by atoms with E-state index >= 15 is 0 Å². The SMILES string of the molecule is CC[C@@H](Oc1ccc(F)cc1)C(=O)Nc1c(C(=O)c2ccc(Br)cc2)oc2ccccc12. The van der Waals surface area contributed by atoms with Crippen LogP contribution < -0.4 is 10.1 Å². The molecule has 1 N–H and O–H groups in total. The van der Waals surface area contributed by atoms with Gasteiger partial charge in [-0.2, -0.15) is 0 Å². The molecule has 4 rings (SSSR count). The van der Waals surface area contributed by atoms with Gasteiger partial charge in [-0.05, 0) is 67.1 Å². The number of ether oxygens (including phenoxy) is 1. The van der Waals surface area contributed by atoms with Gasteiger partial charge in [-0.1, -0.05) is 35.0 Å². The van der Waals surface area contributed by atoms with Crippen LogP contribution in [0.15, 0.2) is 81.7 Å². The zero-order valence-corrected chi connectivity index (χ0v) is 18.7. The molecule has 4 aromatic rings. The molecule has 0 saturated carbocycles. The number of hydrogen-bond acceptors (Lipinski definition) is 4. The van der Waals surface area contributed by atoms with Crippen molar-refractivity contribution < 1.29 is 23.1 Å². The van der Waals surface area contributed by atoms with Gasteiger partial charge in [0.15, 0.2) is 11.9 Å². The predicted molar refractivity (Wildman–Crippen MR) is 124 cm³/mol. The Morgan fingerprint density at radius 3 is 2.41 bits per heavy atom. The van der Waals surface area contributed by atoms with Gasteiger partial charge in [-0.25, -0.2) is 4.39 Å². The Balaban J connectivity index is 1.65. The lowest BCUT2D eigenvalue weighted by Crippen LogP contribution is -2.32. The Hall–Kier alpha value is -3.45. The molecular formula is C25H19BrFNO4. The maximum absolute atomic E-state index is 13.2. The topological polar surface area (TPSA) is 68.5 Å². The van der Waals surface area contributed by atoms with E-state index in [9.17, 15) is 14.0 Å². The summed E-state index contributed by atoms with van der Waals surface area (Å²) in [6.07, 6.45) is -0.473. The number of ketones is 1. The molecule has 0 radical (unpaired) electrons. The molecule has 0 aliphatic rings. The highest BCUT2D eigenvalue weighted by Crippen LogP contribution is 2.33. The van der Waals surface area contributed by atoms with Crippen LogP contribution in [0.2, 0.25) is 0 Å². The standard InChI is InChI=1S/C25H19BrFNO4/c1-2-20(31-18-13-11-17(27)12-14-18)25(30)28-22-19-5-3-4-6-21(19)32-24(22)23(29)15-7-9-16(26)10-8-15/h3-14,20H,2H2,1H3,(H,28,30)/t20-/m1/s1. The van der Waals surface area contributed by atoms with Gasteiger partial charge in [0.05, 0.1) is 5.69 Å². The first-order chi connectivity index (χ1) is 15.5. The minimum Gasteiger partial charge on any atom is -0.481 e. The quantitative estimate of drug-likeness (QED) is 0.303. The van der Waals surface area contributed by atoms with E-state index < -0.39 is 17.8 Å². The molecule has 32 heavy (non-hydrogen) atoms. The molecule has 0 aliphatic carbocycles. The summed E-state index contributed by atoms with van der Waals surface area (Å²) in [5.41, 5.74) is 1.20. The number of para-hydroxylation sites is 1. The monoisotopic (exact) mass is 495 g/mol. The zero-order chi connectivity index (χ0) is 22.7. The smallest absolute Gasteiger partial charge is 0.265 e. The van der Waals surface area contributed by atoms with Crippen molar-refractivity contribution in [2.24, 2.45) is 0 Å². The van der Waals surface area contributed by atoms with Gasteiger partial charge in [0.1, 0.15) is 17.1 Å². The van der Waals surface area contributed by atoms with Gasteiger partial charge < -0.3 is 14.5 Å². The highest BCUT2D eigenvalue weighted by molar-refractivity contribution is 9.10. The Morgan fingerprint density at radius 1 is 1.03 bits per heavy atom. The first-order valence-corrected chi connectivity index (χ1v) is 10.8. The summed E-state index contributed by atoms with van der Waals surface area (Å²) in [4.78, 5) is 26.2. The van der Waals surface area contributed by atoms with E-state index in [2.05, 4.69) is 21.2 Å². The first-order valence-electron chi connectivity index (χ1n) is 10.0. The van der Waals surface area contributed by atoms with Gasteiger partial charge in [0, 0.05) is 15.4 Å². The van der Waals surface area contributed by atoms with Crippen molar-refractivity contribution in [2.75, 3.05) is 5.32 Å². The minimum absolute atomic E-state index is 0.0403. The van der Waals surface area contributed by atoms with Gasteiger partial charge in [-0.15, -0.1) is 0 Å². The van der Waals surface area contributed by atoms with Crippen molar-refractivity contribution in [3.8, 4) is 5.75 Å². The molecule has 0 bridgehead atoms. The van der Waals surface area contributed by atoms with E-state index in [1.54, 1.807) is 55.5 Å². The molecule has 1 heterocycles. The lowest BCUT2D eigenvalue weighted by molar-refractivity contribution is -0.122. The van der Waals surface area contributed by atoms with E-state index in [1.165, 1.54) is 24.3 Å². The van der Waals surface area contributed by atoms with Crippen molar-refractivity contribution >= 4 is 44.3 Å². The molecule has 0 spiro atoms. The summed E-state index contributed by atoms with van der Waals surface area (Å²) in [6, 6.07) is 19.4. The number of furan rings is 1. The molecule has 1 amide bonds. The fourth-order valence-corrected chi connectivity index (χ4v) is 3.53. The largest absolute Gasteiger partial charge is 0.481 e. The van der Waals surface area contributed by atoms with Crippen molar-refractivity contribution in [3.05, 3.63) is 94.4 Å². The number of nitrogens with one attached hydrogen (secondary N) is 1. The zero-order valence-electron chi connectivity index (χ0n) is 17.1. The van der Waals surface area contributed by atoms with Crippen LogP contribution in [0.1, 0.15) is 29.5 Å². The Bertz CT molecular complexity index is 1270. The minimum atomic E-state index is -0.843. The lowest BCUT2D eigenvalue weighted by atomic mass is 10.1. The van der Waals surface area contributed by atoms with Gasteiger partial charge in [0.25, 0.3) is 5.91 Å². The molecule has 0 unspecified atom stereocenters. The van der Waals surface area contributed by atoms with E-state index in [0.717, 1.165) is 4.47 Å². The molecule has 0 aliphatic heterocycles. The Morgan fingerprint density at radius 2 is 1.72 bits per heavy atom. The summed E-state index contributed by atoms with van der Waals surface area (Å²) in [6.45, 7) is 1.80. The molecule has 7 heteroatoms. The van der Waals surface area contributed by atoms with Crippen molar-refractivity contribution in [2.45, 2.75) is 19.4 Å². The number of benzene rings is 3. The lowest BCUT2D eigenvalue weighted by Gasteiger charge is -2.17. The normalized spacial score (nSPS) is 11.8. The van der Waals surface area contributed by atoms with Gasteiger partial charge in [-0.3, -0.25) is 9.59 Å². The van der Waals surface area contributed by atoms with Crippen LogP contribution in [0.5, 0.6) is 5.75 Å². The number of carbonyl (C=O) groups excluding carboxylic acids is 2. The second-order valence-corrected chi connectivity index (χ2v) is 8.01. The number of amides is 1. The van der Waals surface area contributed by atoms with Crippen LogP contribution >= 0.6 is 15.9 Å². The molecule has 1 atom stereocenters. The second-order valence-electron chi connectivity index (χ2n) is 7.10. The number of fused-ring (bicyclic) bond motifs is 1. The third kappa shape index (κ3) is 4.57. The molecular weight excluding hydrogens is 477 g/mol. The van der Waals surface area contributed by atoms with Crippen molar-refractivity contribution in [3.63, 3.8) is 0 Å². The second kappa shape index (κ2) is 9.36. The Kier molecular flexibility index (Phi) is 6.37. The van der Waals surface area contributed by atoms with E-state index in [-0.39, 0.29) is 11.5 Å². The fourth-order valence-electron chi connectivity index (χ4n) is 3.27. The Labute approximate surface area is 192 Å². The fraction of sp³-hybridized carbons (Fsp3) is 0.120. The van der Waals surface area contributed by atoms with Gasteiger partial charge >= 0.3 is 0 Å². The molecule has 162 valence electrons. The van der Waals surface area contributed by atoms with Crippen LogP contribution in [-0.2, 0) is 4.79 Å². The van der Waals surface area contributed by atoms with Crippen LogP contribution in [0.25, 0.3) is 11.0 Å². The number of halogens is 2. The van der Waals surface area contributed by atoms with E-state index in [4.69, 9.17) is 9.15 Å². The maximum atomic E-state index is 13.2. The predicted octanol–water partition coefficient (Wildman–Crippen LogP) is 6.36. The van der Waals surface area contributed by atoms with Crippen LogP contribution in [0, 0.1) is 5.82 Å². The van der Waals surface area contributed by atoms with Crippen molar-refractivity contribution in [1.29, 1.82) is 0 Å². The average molecular weight is 496 g/mol. The summed E-state index contributed by atoms with van der Waals surface area (Å²) in [5, 5.41) is 3.43.